The SMILES string of the molecule is [C]#Cc1ncccc1N1CCCC1. The van der Waals surface area contributed by atoms with Gasteiger partial charge in [-0.2, -0.15) is 0 Å². The van der Waals surface area contributed by atoms with Crippen LogP contribution in [0.3, 0.4) is 0 Å². The minimum atomic E-state index is 0.657. The maximum absolute atomic E-state index is 7.11. The van der Waals surface area contributed by atoms with E-state index in [2.05, 4.69) is 15.8 Å². The van der Waals surface area contributed by atoms with E-state index < -0.39 is 0 Å². The molecule has 1 aromatic rings. The second-order valence-electron chi connectivity index (χ2n) is 3.19. The highest BCUT2D eigenvalue weighted by atomic mass is 15.1. The molecule has 1 fully saturated rings. The van der Waals surface area contributed by atoms with Crippen molar-refractivity contribution in [1.29, 1.82) is 0 Å². The Morgan fingerprint density at radius 3 is 2.85 bits per heavy atom. The zero-order valence-corrected chi connectivity index (χ0v) is 7.45. The Bertz CT molecular complexity index is 332. The van der Waals surface area contributed by atoms with E-state index >= 15 is 0 Å². The van der Waals surface area contributed by atoms with Gasteiger partial charge >= 0.3 is 0 Å². The summed E-state index contributed by atoms with van der Waals surface area (Å²) in [4.78, 5) is 6.37. The van der Waals surface area contributed by atoms with Crippen LogP contribution in [0.2, 0.25) is 0 Å². The minimum Gasteiger partial charge on any atom is -0.369 e. The summed E-state index contributed by atoms with van der Waals surface area (Å²) in [5, 5.41) is 0. The predicted octanol–water partition coefficient (Wildman–Crippen LogP) is 1.62. The van der Waals surface area contributed by atoms with Gasteiger partial charge in [0.2, 0.25) is 0 Å². The van der Waals surface area contributed by atoms with Gasteiger partial charge in [-0.25, -0.2) is 4.98 Å². The van der Waals surface area contributed by atoms with E-state index in [4.69, 9.17) is 6.42 Å². The highest BCUT2D eigenvalue weighted by molar-refractivity contribution is 5.56. The summed E-state index contributed by atoms with van der Waals surface area (Å²) < 4.78 is 0. The summed E-state index contributed by atoms with van der Waals surface area (Å²) in [6.07, 6.45) is 11.3. The third-order valence-corrected chi connectivity index (χ3v) is 2.35. The molecule has 1 aliphatic heterocycles. The maximum Gasteiger partial charge on any atom is 0.137 e. The van der Waals surface area contributed by atoms with Crippen molar-refractivity contribution in [3.05, 3.63) is 30.4 Å². The van der Waals surface area contributed by atoms with Crippen molar-refractivity contribution in [3.8, 4) is 5.92 Å². The van der Waals surface area contributed by atoms with Gasteiger partial charge in [0.25, 0.3) is 0 Å². The normalized spacial score (nSPS) is 15.8. The van der Waals surface area contributed by atoms with Crippen LogP contribution >= 0.6 is 0 Å². The summed E-state index contributed by atoms with van der Waals surface area (Å²) in [5.41, 5.74) is 1.71. The van der Waals surface area contributed by atoms with Crippen molar-refractivity contribution >= 4 is 5.69 Å². The van der Waals surface area contributed by atoms with Crippen LogP contribution in [-0.2, 0) is 0 Å². The molecule has 1 aliphatic rings. The lowest BCUT2D eigenvalue weighted by molar-refractivity contribution is 0.949. The monoisotopic (exact) mass is 171 g/mol. The number of hydrogen-bond donors (Lipinski definition) is 0. The van der Waals surface area contributed by atoms with E-state index in [-0.39, 0.29) is 0 Å². The van der Waals surface area contributed by atoms with Crippen LogP contribution in [0.1, 0.15) is 18.5 Å². The molecule has 0 aromatic carbocycles. The molecule has 0 atom stereocenters. The fourth-order valence-corrected chi connectivity index (χ4v) is 1.71. The number of anilines is 1. The number of rotatable bonds is 1. The fourth-order valence-electron chi connectivity index (χ4n) is 1.71. The van der Waals surface area contributed by atoms with Crippen molar-refractivity contribution in [3.63, 3.8) is 0 Å². The number of pyridine rings is 1. The molecule has 0 spiro atoms. The Labute approximate surface area is 78.6 Å². The highest BCUT2D eigenvalue weighted by Gasteiger charge is 2.14. The lowest BCUT2D eigenvalue weighted by Gasteiger charge is -2.17. The first-order valence-electron chi connectivity index (χ1n) is 4.54. The molecule has 13 heavy (non-hydrogen) atoms. The third kappa shape index (κ3) is 1.50. The van der Waals surface area contributed by atoms with Crippen molar-refractivity contribution in [2.24, 2.45) is 0 Å². The molecule has 2 heterocycles. The predicted molar refractivity (Wildman–Crippen MR) is 51.9 cm³/mol. The quantitative estimate of drug-likeness (QED) is 0.597. The Morgan fingerprint density at radius 1 is 1.38 bits per heavy atom. The van der Waals surface area contributed by atoms with Gasteiger partial charge in [0.15, 0.2) is 0 Å². The van der Waals surface area contributed by atoms with E-state index in [1.54, 1.807) is 6.20 Å². The number of hydrogen-bond acceptors (Lipinski definition) is 2. The van der Waals surface area contributed by atoms with Gasteiger partial charge in [0, 0.05) is 19.3 Å². The maximum atomic E-state index is 7.11. The van der Waals surface area contributed by atoms with Crippen molar-refractivity contribution in [2.75, 3.05) is 18.0 Å². The van der Waals surface area contributed by atoms with Gasteiger partial charge < -0.3 is 4.90 Å². The lowest BCUT2D eigenvalue weighted by Crippen LogP contribution is -2.19. The molecule has 0 amide bonds. The number of nitrogens with zero attached hydrogens (tertiary/aromatic N) is 2. The van der Waals surface area contributed by atoms with Crippen molar-refractivity contribution in [2.45, 2.75) is 12.8 Å². The molecular formula is C11H11N2. The van der Waals surface area contributed by atoms with Crippen LogP contribution in [0, 0.1) is 12.3 Å². The van der Waals surface area contributed by atoms with Crippen LogP contribution in [0.25, 0.3) is 0 Å². The standard InChI is InChI=1S/C11H11N2/c1-2-10-11(6-5-7-12-10)13-8-3-4-9-13/h5-7H,3-4,8-9H2. The van der Waals surface area contributed by atoms with Crippen LogP contribution in [-0.4, -0.2) is 18.1 Å². The molecule has 2 nitrogen and oxygen atoms in total. The van der Waals surface area contributed by atoms with E-state index in [9.17, 15) is 0 Å². The Balaban J connectivity index is 2.33. The molecule has 1 saturated heterocycles. The van der Waals surface area contributed by atoms with E-state index in [0.717, 1.165) is 18.8 Å². The summed E-state index contributed by atoms with van der Waals surface area (Å²) in [6, 6.07) is 3.92. The summed E-state index contributed by atoms with van der Waals surface area (Å²) in [5.74, 6) is 2.37. The highest BCUT2D eigenvalue weighted by Crippen LogP contribution is 2.21. The van der Waals surface area contributed by atoms with Gasteiger partial charge in [0.05, 0.1) is 5.69 Å². The summed E-state index contributed by atoms with van der Waals surface area (Å²) >= 11 is 0. The zero-order chi connectivity index (χ0) is 9.10. The average molecular weight is 171 g/mol. The van der Waals surface area contributed by atoms with Gasteiger partial charge in [-0.05, 0) is 37.3 Å². The Morgan fingerprint density at radius 2 is 2.15 bits per heavy atom. The smallest absolute Gasteiger partial charge is 0.137 e. The van der Waals surface area contributed by atoms with Crippen LogP contribution in [0.15, 0.2) is 18.3 Å². The average Bonchev–Trinajstić information content (AvgIpc) is 2.70. The fraction of sp³-hybridized carbons (Fsp3) is 0.364. The molecule has 1 radical (unpaired) electrons. The first-order chi connectivity index (χ1) is 6.42. The largest absolute Gasteiger partial charge is 0.369 e. The molecule has 0 unspecified atom stereocenters. The minimum absolute atomic E-state index is 0.657. The lowest BCUT2D eigenvalue weighted by atomic mass is 10.3. The second kappa shape index (κ2) is 3.49. The summed E-state index contributed by atoms with van der Waals surface area (Å²) in [7, 11) is 0. The molecule has 2 heteroatoms. The number of aromatic nitrogens is 1. The molecule has 0 aliphatic carbocycles. The Hall–Kier alpha value is -1.49. The first kappa shape index (κ1) is 8.12. The molecule has 0 bridgehead atoms. The van der Waals surface area contributed by atoms with Gasteiger partial charge in [0.1, 0.15) is 5.69 Å². The third-order valence-electron chi connectivity index (χ3n) is 2.35. The zero-order valence-electron chi connectivity index (χ0n) is 7.45. The topological polar surface area (TPSA) is 16.1 Å². The molecule has 65 valence electrons. The van der Waals surface area contributed by atoms with Gasteiger partial charge in [-0.1, -0.05) is 0 Å². The first-order valence-corrected chi connectivity index (χ1v) is 4.54. The van der Waals surface area contributed by atoms with E-state index in [1.165, 1.54) is 12.8 Å². The molecular weight excluding hydrogens is 160 g/mol. The van der Waals surface area contributed by atoms with Crippen LogP contribution in [0.4, 0.5) is 5.69 Å². The van der Waals surface area contributed by atoms with Gasteiger partial charge in [-0.3, -0.25) is 0 Å². The van der Waals surface area contributed by atoms with Gasteiger partial charge in [-0.15, -0.1) is 0 Å². The van der Waals surface area contributed by atoms with Crippen LogP contribution in [0.5, 0.6) is 0 Å². The molecule has 0 N–H and O–H groups in total. The molecule has 1 aromatic heterocycles. The van der Waals surface area contributed by atoms with E-state index in [0.29, 0.717) is 5.69 Å². The van der Waals surface area contributed by atoms with Crippen molar-refractivity contribution in [1.82, 2.24) is 4.98 Å². The van der Waals surface area contributed by atoms with Crippen LogP contribution < -0.4 is 4.90 Å². The molecule has 0 saturated carbocycles. The second-order valence-corrected chi connectivity index (χ2v) is 3.19. The van der Waals surface area contributed by atoms with E-state index in [1.807, 2.05) is 12.1 Å². The molecule has 2 rings (SSSR count). The Kier molecular flexibility index (Phi) is 2.18. The van der Waals surface area contributed by atoms with Crippen molar-refractivity contribution < 1.29 is 0 Å². The summed E-state index contributed by atoms with van der Waals surface area (Å²) in [6.45, 7) is 2.17.